The predicted octanol–water partition coefficient (Wildman–Crippen LogP) is 3.27. The van der Waals surface area contributed by atoms with Crippen LogP contribution < -0.4 is 5.56 Å². The van der Waals surface area contributed by atoms with Crippen molar-refractivity contribution in [3.63, 3.8) is 0 Å². The van der Waals surface area contributed by atoms with E-state index in [1.54, 1.807) is 34.1 Å². The standard InChI is InChI=1S/C18H19N3O2S2/c1-2-21(17(22)12-24-11-13-6-5-9-25-13)10-16-19-15-8-4-3-7-14(15)18(23)20-16/h3-9H,2,10-12H2,1H3,(H,19,20,23). The summed E-state index contributed by atoms with van der Waals surface area (Å²) in [5.74, 6) is 1.83. The van der Waals surface area contributed by atoms with Gasteiger partial charge >= 0.3 is 0 Å². The van der Waals surface area contributed by atoms with Crippen molar-refractivity contribution in [2.45, 2.75) is 19.2 Å². The van der Waals surface area contributed by atoms with E-state index in [1.807, 2.05) is 36.6 Å². The van der Waals surface area contributed by atoms with E-state index in [1.165, 1.54) is 4.88 Å². The second kappa shape index (κ2) is 8.31. The third kappa shape index (κ3) is 4.49. The number of rotatable bonds is 7. The third-order valence-electron chi connectivity index (χ3n) is 3.79. The quantitative estimate of drug-likeness (QED) is 0.690. The molecule has 1 N–H and O–H groups in total. The average Bonchev–Trinajstić information content (AvgIpc) is 3.13. The Balaban J connectivity index is 1.65. The number of hydrogen-bond donors (Lipinski definition) is 1. The van der Waals surface area contributed by atoms with E-state index in [9.17, 15) is 9.59 Å². The first kappa shape index (κ1) is 17.7. The molecule has 0 spiro atoms. The lowest BCUT2D eigenvalue weighted by molar-refractivity contribution is -0.128. The number of nitrogens with one attached hydrogen (secondary N) is 1. The molecule has 0 unspecified atom stereocenters. The molecule has 0 bridgehead atoms. The molecule has 1 aromatic carbocycles. The third-order valence-corrected chi connectivity index (χ3v) is 5.81. The lowest BCUT2D eigenvalue weighted by Crippen LogP contribution is -2.33. The lowest BCUT2D eigenvalue weighted by Gasteiger charge is -2.20. The monoisotopic (exact) mass is 373 g/mol. The number of fused-ring (bicyclic) bond motifs is 1. The molecule has 0 saturated carbocycles. The van der Waals surface area contributed by atoms with Crippen LogP contribution in [0.3, 0.4) is 0 Å². The van der Waals surface area contributed by atoms with Crippen molar-refractivity contribution in [1.29, 1.82) is 0 Å². The molecule has 5 nitrogen and oxygen atoms in total. The van der Waals surface area contributed by atoms with Crippen LogP contribution in [0, 0.1) is 0 Å². The zero-order valence-electron chi connectivity index (χ0n) is 13.9. The van der Waals surface area contributed by atoms with Gasteiger partial charge in [0.1, 0.15) is 5.82 Å². The van der Waals surface area contributed by atoms with Gasteiger partial charge in [-0.2, -0.15) is 0 Å². The number of thiophene rings is 1. The average molecular weight is 374 g/mol. The molecule has 0 aliphatic rings. The summed E-state index contributed by atoms with van der Waals surface area (Å²) < 4.78 is 0. The van der Waals surface area contributed by atoms with Gasteiger partial charge < -0.3 is 9.88 Å². The first-order valence-electron chi connectivity index (χ1n) is 8.03. The van der Waals surface area contributed by atoms with Gasteiger partial charge in [-0.25, -0.2) is 4.98 Å². The number of amides is 1. The number of thioether (sulfide) groups is 1. The molecule has 0 aliphatic heterocycles. The van der Waals surface area contributed by atoms with E-state index in [0.29, 0.717) is 35.6 Å². The summed E-state index contributed by atoms with van der Waals surface area (Å²) in [5, 5.41) is 2.60. The van der Waals surface area contributed by atoms with Gasteiger partial charge in [0.25, 0.3) is 5.56 Å². The van der Waals surface area contributed by atoms with Crippen molar-refractivity contribution in [3.05, 3.63) is 62.8 Å². The summed E-state index contributed by atoms with van der Waals surface area (Å²) in [6, 6.07) is 11.3. The highest BCUT2D eigenvalue weighted by atomic mass is 32.2. The smallest absolute Gasteiger partial charge is 0.258 e. The maximum Gasteiger partial charge on any atom is 0.258 e. The van der Waals surface area contributed by atoms with Crippen molar-refractivity contribution < 1.29 is 4.79 Å². The number of aromatic nitrogens is 2. The fourth-order valence-electron chi connectivity index (χ4n) is 2.49. The molecule has 1 amide bonds. The minimum absolute atomic E-state index is 0.0554. The normalized spacial score (nSPS) is 10.9. The largest absolute Gasteiger partial charge is 0.335 e. The maximum absolute atomic E-state index is 12.4. The predicted molar refractivity (Wildman–Crippen MR) is 104 cm³/mol. The topological polar surface area (TPSA) is 66.1 Å². The van der Waals surface area contributed by atoms with Crippen molar-refractivity contribution in [2.75, 3.05) is 12.3 Å². The molecule has 0 atom stereocenters. The van der Waals surface area contributed by atoms with Crippen LogP contribution in [0.15, 0.2) is 46.6 Å². The van der Waals surface area contributed by atoms with Crippen molar-refractivity contribution in [3.8, 4) is 0 Å². The van der Waals surface area contributed by atoms with Crippen LogP contribution in [0.2, 0.25) is 0 Å². The van der Waals surface area contributed by atoms with Crippen molar-refractivity contribution >= 4 is 39.9 Å². The molecule has 0 aliphatic carbocycles. The number of nitrogens with zero attached hydrogens (tertiary/aromatic N) is 2. The van der Waals surface area contributed by atoms with Crippen LogP contribution in [0.5, 0.6) is 0 Å². The van der Waals surface area contributed by atoms with Crippen LogP contribution in [0.1, 0.15) is 17.6 Å². The zero-order chi connectivity index (χ0) is 17.6. The van der Waals surface area contributed by atoms with Gasteiger partial charge in [0.2, 0.25) is 5.91 Å². The van der Waals surface area contributed by atoms with Crippen LogP contribution in [-0.4, -0.2) is 33.1 Å². The Morgan fingerprint density at radius 3 is 2.88 bits per heavy atom. The Morgan fingerprint density at radius 1 is 1.28 bits per heavy atom. The van der Waals surface area contributed by atoms with Gasteiger partial charge in [-0.15, -0.1) is 23.1 Å². The molecule has 2 heterocycles. The summed E-state index contributed by atoms with van der Waals surface area (Å²) >= 11 is 3.30. The molecular weight excluding hydrogens is 354 g/mol. The summed E-state index contributed by atoms with van der Waals surface area (Å²) in [4.78, 5) is 34.8. The maximum atomic E-state index is 12.4. The number of benzene rings is 1. The van der Waals surface area contributed by atoms with Crippen LogP contribution in [-0.2, 0) is 17.1 Å². The van der Waals surface area contributed by atoms with E-state index >= 15 is 0 Å². The fourth-order valence-corrected chi connectivity index (χ4v) is 4.26. The molecule has 130 valence electrons. The van der Waals surface area contributed by atoms with Gasteiger partial charge in [0.05, 0.1) is 23.2 Å². The second-order valence-electron chi connectivity index (χ2n) is 5.51. The molecule has 0 saturated heterocycles. The number of carbonyl (C=O) groups is 1. The Kier molecular flexibility index (Phi) is 5.88. The second-order valence-corrected chi connectivity index (χ2v) is 7.53. The highest BCUT2D eigenvalue weighted by molar-refractivity contribution is 7.99. The van der Waals surface area contributed by atoms with Crippen LogP contribution in [0.25, 0.3) is 10.9 Å². The summed E-state index contributed by atoms with van der Waals surface area (Å²) in [6.45, 7) is 2.82. The zero-order valence-corrected chi connectivity index (χ0v) is 15.5. The Bertz CT molecular complexity index is 906. The number of aromatic amines is 1. The Morgan fingerprint density at radius 2 is 2.12 bits per heavy atom. The fraction of sp³-hybridized carbons (Fsp3) is 0.278. The number of H-pyrrole nitrogens is 1. The van der Waals surface area contributed by atoms with Gasteiger partial charge in [-0.1, -0.05) is 18.2 Å². The molecular formula is C18H19N3O2S2. The SMILES string of the molecule is CCN(Cc1nc2ccccc2c(=O)[nH]1)C(=O)CSCc1cccs1. The first-order valence-corrected chi connectivity index (χ1v) is 10.1. The van der Waals surface area contributed by atoms with E-state index in [-0.39, 0.29) is 11.5 Å². The van der Waals surface area contributed by atoms with E-state index in [0.717, 1.165) is 5.75 Å². The summed E-state index contributed by atoms with van der Waals surface area (Å²) in [6.07, 6.45) is 0. The van der Waals surface area contributed by atoms with Crippen molar-refractivity contribution in [1.82, 2.24) is 14.9 Å². The van der Waals surface area contributed by atoms with Crippen LogP contribution >= 0.6 is 23.1 Å². The summed E-state index contributed by atoms with van der Waals surface area (Å²) in [5.41, 5.74) is 0.480. The number of para-hydroxylation sites is 1. The molecule has 2 aromatic heterocycles. The van der Waals surface area contributed by atoms with Gasteiger partial charge in [-0.05, 0) is 30.5 Å². The molecule has 0 radical (unpaired) electrons. The van der Waals surface area contributed by atoms with Crippen LogP contribution in [0.4, 0.5) is 0 Å². The highest BCUT2D eigenvalue weighted by Crippen LogP contribution is 2.17. The van der Waals surface area contributed by atoms with E-state index in [2.05, 4.69) is 16.0 Å². The number of carbonyl (C=O) groups excluding carboxylic acids is 1. The van der Waals surface area contributed by atoms with Gasteiger partial charge in [0, 0.05) is 17.2 Å². The minimum Gasteiger partial charge on any atom is -0.335 e. The van der Waals surface area contributed by atoms with E-state index in [4.69, 9.17) is 0 Å². The van der Waals surface area contributed by atoms with E-state index < -0.39 is 0 Å². The molecule has 3 rings (SSSR count). The van der Waals surface area contributed by atoms with Gasteiger partial charge in [0.15, 0.2) is 0 Å². The molecule has 3 aromatic rings. The minimum atomic E-state index is -0.170. The molecule has 7 heteroatoms. The molecule has 0 fully saturated rings. The highest BCUT2D eigenvalue weighted by Gasteiger charge is 2.14. The Labute approximate surface area is 154 Å². The summed E-state index contributed by atoms with van der Waals surface area (Å²) in [7, 11) is 0. The Hall–Kier alpha value is -2.12. The van der Waals surface area contributed by atoms with Crippen molar-refractivity contribution in [2.24, 2.45) is 0 Å². The molecule has 25 heavy (non-hydrogen) atoms. The lowest BCUT2D eigenvalue weighted by atomic mass is 10.2. The van der Waals surface area contributed by atoms with Gasteiger partial charge in [-0.3, -0.25) is 9.59 Å². The number of hydrogen-bond acceptors (Lipinski definition) is 5. The first-order chi connectivity index (χ1) is 12.2.